The van der Waals surface area contributed by atoms with Crippen molar-refractivity contribution >= 4 is 67.1 Å². The number of hydrogen-bond acceptors (Lipinski definition) is 5. The van der Waals surface area contributed by atoms with Gasteiger partial charge in [0, 0.05) is 27.0 Å². The summed E-state index contributed by atoms with van der Waals surface area (Å²) in [4.78, 5) is 18.1. The minimum Gasteiger partial charge on any atom is -0.297 e. The van der Waals surface area contributed by atoms with Gasteiger partial charge in [-0.2, -0.15) is 5.10 Å². The van der Waals surface area contributed by atoms with Crippen molar-refractivity contribution in [3.05, 3.63) is 62.0 Å². The number of nitrogens with zero attached hydrogens (tertiary/aromatic N) is 3. The lowest BCUT2D eigenvalue weighted by Crippen LogP contribution is -2.09. The standard InChI is InChI=1S/C17H12Cl2N4OS2/c1-9-12-7-14(15(24)21-17-20-4-5-25-17)26-16(12)23(22-9)8-10-2-3-11(18)6-13(10)19/h2-7H,8H2,1H3,(H,20,21,24). The topological polar surface area (TPSA) is 59.8 Å². The molecule has 4 rings (SSSR count). The lowest BCUT2D eigenvalue weighted by Gasteiger charge is -2.06. The van der Waals surface area contributed by atoms with E-state index in [-0.39, 0.29) is 5.91 Å². The molecule has 9 heteroatoms. The number of hydrogen-bond donors (Lipinski definition) is 1. The Kier molecular flexibility index (Phi) is 4.71. The second kappa shape index (κ2) is 7.00. The predicted molar refractivity (Wildman–Crippen MR) is 108 cm³/mol. The second-order valence-corrected chi connectivity index (χ2v) is 8.37. The maximum absolute atomic E-state index is 12.5. The van der Waals surface area contributed by atoms with Crippen LogP contribution in [0, 0.1) is 6.92 Å². The summed E-state index contributed by atoms with van der Waals surface area (Å²) >= 11 is 15.0. The number of aryl methyl sites for hydroxylation is 1. The van der Waals surface area contributed by atoms with E-state index in [0.717, 1.165) is 21.5 Å². The number of rotatable bonds is 4. The monoisotopic (exact) mass is 422 g/mol. The van der Waals surface area contributed by atoms with Gasteiger partial charge in [-0.1, -0.05) is 29.3 Å². The first-order valence-corrected chi connectivity index (χ1v) is 10.1. The highest BCUT2D eigenvalue weighted by Gasteiger charge is 2.17. The van der Waals surface area contributed by atoms with E-state index in [1.165, 1.54) is 22.7 Å². The summed E-state index contributed by atoms with van der Waals surface area (Å²) < 4.78 is 1.87. The van der Waals surface area contributed by atoms with Gasteiger partial charge in [0.05, 0.1) is 17.1 Å². The number of nitrogens with one attached hydrogen (secondary N) is 1. The maximum atomic E-state index is 12.5. The number of anilines is 1. The van der Waals surface area contributed by atoms with Crippen molar-refractivity contribution in [3.8, 4) is 0 Å². The Bertz CT molecular complexity index is 1100. The highest BCUT2D eigenvalue weighted by Crippen LogP contribution is 2.30. The molecule has 3 heterocycles. The second-order valence-electron chi connectivity index (χ2n) is 5.60. The fourth-order valence-electron chi connectivity index (χ4n) is 2.59. The van der Waals surface area contributed by atoms with E-state index < -0.39 is 0 Å². The zero-order chi connectivity index (χ0) is 18.3. The summed E-state index contributed by atoms with van der Waals surface area (Å²) in [5.74, 6) is -0.170. The molecule has 0 aliphatic heterocycles. The third-order valence-electron chi connectivity index (χ3n) is 3.82. The van der Waals surface area contributed by atoms with Crippen LogP contribution in [-0.4, -0.2) is 20.7 Å². The van der Waals surface area contributed by atoms with Gasteiger partial charge in [-0.15, -0.1) is 22.7 Å². The minimum atomic E-state index is -0.170. The largest absolute Gasteiger partial charge is 0.297 e. The number of amides is 1. The predicted octanol–water partition coefficient (Wildman–Crippen LogP) is 5.47. The van der Waals surface area contributed by atoms with E-state index in [4.69, 9.17) is 23.2 Å². The van der Waals surface area contributed by atoms with E-state index in [1.807, 2.05) is 29.1 Å². The van der Waals surface area contributed by atoms with Crippen LogP contribution in [-0.2, 0) is 6.54 Å². The van der Waals surface area contributed by atoms with Gasteiger partial charge in [-0.3, -0.25) is 14.8 Å². The molecule has 26 heavy (non-hydrogen) atoms. The van der Waals surface area contributed by atoms with E-state index in [1.54, 1.807) is 18.3 Å². The number of carbonyl (C=O) groups is 1. The molecule has 1 amide bonds. The van der Waals surface area contributed by atoms with Crippen molar-refractivity contribution in [3.63, 3.8) is 0 Å². The van der Waals surface area contributed by atoms with Gasteiger partial charge in [0.2, 0.25) is 0 Å². The molecule has 5 nitrogen and oxygen atoms in total. The molecule has 0 spiro atoms. The van der Waals surface area contributed by atoms with Crippen molar-refractivity contribution < 1.29 is 4.79 Å². The quantitative estimate of drug-likeness (QED) is 0.474. The van der Waals surface area contributed by atoms with Gasteiger partial charge in [-0.05, 0) is 30.7 Å². The van der Waals surface area contributed by atoms with E-state index in [2.05, 4.69) is 15.4 Å². The molecular weight excluding hydrogens is 411 g/mol. The molecule has 0 fully saturated rings. The van der Waals surface area contributed by atoms with Gasteiger partial charge in [0.25, 0.3) is 5.91 Å². The van der Waals surface area contributed by atoms with Crippen molar-refractivity contribution in [2.24, 2.45) is 0 Å². The van der Waals surface area contributed by atoms with E-state index in [0.29, 0.717) is 26.6 Å². The molecule has 0 radical (unpaired) electrons. The number of fused-ring (bicyclic) bond motifs is 1. The van der Waals surface area contributed by atoms with Gasteiger partial charge < -0.3 is 0 Å². The van der Waals surface area contributed by atoms with E-state index >= 15 is 0 Å². The first-order chi connectivity index (χ1) is 12.5. The smallest absolute Gasteiger partial charge is 0.267 e. The highest BCUT2D eigenvalue weighted by molar-refractivity contribution is 7.20. The fraction of sp³-hybridized carbons (Fsp3) is 0.118. The molecule has 0 bridgehead atoms. The molecule has 3 aromatic heterocycles. The van der Waals surface area contributed by atoms with Crippen LogP contribution < -0.4 is 5.32 Å². The first-order valence-electron chi connectivity index (χ1n) is 7.63. The summed E-state index contributed by atoms with van der Waals surface area (Å²) in [5.41, 5.74) is 1.79. The van der Waals surface area contributed by atoms with Crippen molar-refractivity contribution in [1.29, 1.82) is 0 Å². The lowest BCUT2D eigenvalue weighted by atomic mass is 10.2. The highest BCUT2D eigenvalue weighted by atomic mass is 35.5. The molecule has 1 aromatic carbocycles. The number of benzene rings is 1. The van der Waals surface area contributed by atoms with Crippen molar-refractivity contribution in [1.82, 2.24) is 14.8 Å². The van der Waals surface area contributed by atoms with Crippen LogP contribution in [0.1, 0.15) is 20.9 Å². The van der Waals surface area contributed by atoms with Crippen molar-refractivity contribution in [2.75, 3.05) is 5.32 Å². The number of halogens is 2. The van der Waals surface area contributed by atoms with Gasteiger partial charge in [0.15, 0.2) is 5.13 Å². The molecule has 1 N–H and O–H groups in total. The Balaban J connectivity index is 1.66. The third-order valence-corrected chi connectivity index (χ3v) is 6.24. The van der Waals surface area contributed by atoms with Gasteiger partial charge in [0.1, 0.15) is 4.83 Å². The van der Waals surface area contributed by atoms with Crippen LogP contribution in [0.2, 0.25) is 10.0 Å². The Hall–Kier alpha value is -1.93. The summed E-state index contributed by atoms with van der Waals surface area (Å²) in [5, 5.41) is 11.9. The van der Waals surface area contributed by atoms with Crippen LogP contribution in [0.3, 0.4) is 0 Å². The van der Waals surface area contributed by atoms with Gasteiger partial charge >= 0.3 is 0 Å². The van der Waals surface area contributed by atoms with Crippen LogP contribution >= 0.6 is 45.9 Å². The Morgan fingerprint density at radius 1 is 1.31 bits per heavy atom. The van der Waals surface area contributed by atoms with Crippen LogP contribution in [0.4, 0.5) is 5.13 Å². The van der Waals surface area contributed by atoms with Crippen LogP contribution in [0.25, 0.3) is 10.2 Å². The molecule has 0 saturated heterocycles. The van der Waals surface area contributed by atoms with E-state index in [9.17, 15) is 4.79 Å². The summed E-state index contributed by atoms with van der Waals surface area (Å²) in [7, 11) is 0. The number of carbonyl (C=O) groups excluding carboxylic acids is 1. The van der Waals surface area contributed by atoms with Crippen LogP contribution in [0.5, 0.6) is 0 Å². The number of aromatic nitrogens is 3. The molecule has 0 saturated carbocycles. The Labute approximate surface area is 167 Å². The first kappa shape index (κ1) is 17.5. The molecule has 4 aromatic rings. The summed E-state index contributed by atoms with van der Waals surface area (Å²) in [6, 6.07) is 7.27. The normalized spacial score (nSPS) is 11.2. The zero-order valence-corrected chi connectivity index (χ0v) is 16.6. The molecular formula is C17H12Cl2N4OS2. The number of thiazole rings is 1. The third kappa shape index (κ3) is 3.35. The Morgan fingerprint density at radius 2 is 2.15 bits per heavy atom. The summed E-state index contributed by atoms with van der Waals surface area (Å²) in [6.07, 6.45) is 1.66. The summed E-state index contributed by atoms with van der Waals surface area (Å²) in [6.45, 7) is 2.44. The van der Waals surface area contributed by atoms with Gasteiger partial charge in [-0.25, -0.2) is 4.98 Å². The average Bonchev–Trinajstić information content (AvgIpc) is 3.30. The fourth-order valence-corrected chi connectivity index (χ4v) is 4.64. The Morgan fingerprint density at radius 3 is 2.88 bits per heavy atom. The number of thiophene rings is 1. The maximum Gasteiger partial charge on any atom is 0.267 e. The van der Waals surface area contributed by atoms with Crippen LogP contribution in [0.15, 0.2) is 35.8 Å². The average molecular weight is 423 g/mol. The SMILES string of the molecule is Cc1nn(Cc2ccc(Cl)cc2Cl)c2sc(C(=O)Nc3nccs3)cc12. The zero-order valence-electron chi connectivity index (χ0n) is 13.5. The molecule has 0 atom stereocenters. The molecule has 0 aliphatic rings. The van der Waals surface area contributed by atoms with Crippen molar-refractivity contribution in [2.45, 2.75) is 13.5 Å². The molecule has 0 unspecified atom stereocenters. The lowest BCUT2D eigenvalue weighted by molar-refractivity contribution is 0.103. The molecule has 132 valence electrons. The minimum absolute atomic E-state index is 0.170. The molecule has 0 aliphatic carbocycles.